The summed E-state index contributed by atoms with van der Waals surface area (Å²) in [5.74, 6) is 1.96. The molecule has 0 aliphatic carbocycles. The Hall–Kier alpha value is -3.41. The number of sulfonamides is 1. The van der Waals surface area contributed by atoms with Crippen LogP contribution in [-0.2, 0) is 14.8 Å². The molecule has 2 aliphatic rings. The zero-order valence-electron chi connectivity index (χ0n) is 22.7. The number of carbonyl (C=O) groups is 1. The number of amides is 1. The van der Waals surface area contributed by atoms with Gasteiger partial charge in [0.1, 0.15) is 17.3 Å². The number of ether oxygens (including phenoxy) is 1. The van der Waals surface area contributed by atoms with Crippen molar-refractivity contribution >= 4 is 44.3 Å². The number of imidazole rings is 1. The SMILES string of the molecule is COc1cc(Cl)cc(N2C(=O)CCC2c2nc3cc(-c4c(C)noc4C)ccc3n2C2CCN(S(C)(=O)=O)C2)c1. The Bertz CT molecular complexity index is 1730. The summed E-state index contributed by atoms with van der Waals surface area (Å²) in [6.07, 6.45) is 2.80. The third-order valence-electron chi connectivity index (χ3n) is 7.88. The van der Waals surface area contributed by atoms with Crippen molar-refractivity contribution in [1.29, 1.82) is 0 Å². The molecule has 10 nitrogen and oxygen atoms in total. The zero-order valence-corrected chi connectivity index (χ0v) is 24.3. The molecular weight excluding hydrogens is 554 g/mol. The van der Waals surface area contributed by atoms with E-state index in [1.165, 1.54) is 10.6 Å². The van der Waals surface area contributed by atoms with Crippen molar-refractivity contribution in [2.75, 3.05) is 31.4 Å². The summed E-state index contributed by atoms with van der Waals surface area (Å²) in [7, 11) is -1.79. The highest BCUT2D eigenvalue weighted by molar-refractivity contribution is 7.88. The molecule has 6 rings (SSSR count). The van der Waals surface area contributed by atoms with Crippen LogP contribution in [0.2, 0.25) is 5.02 Å². The summed E-state index contributed by atoms with van der Waals surface area (Å²) in [4.78, 5) is 20.1. The number of carbonyl (C=O) groups excluding carboxylic acids is 1. The minimum atomic E-state index is -3.34. The summed E-state index contributed by atoms with van der Waals surface area (Å²) in [5, 5.41) is 4.56. The maximum Gasteiger partial charge on any atom is 0.227 e. The second-order valence-corrected chi connectivity index (χ2v) is 12.9. The van der Waals surface area contributed by atoms with Gasteiger partial charge >= 0.3 is 0 Å². The summed E-state index contributed by atoms with van der Waals surface area (Å²) in [5.41, 5.74) is 4.92. The van der Waals surface area contributed by atoms with Crippen molar-refractivity contribution in [1.82, 2.24) is 19.0 Å². The van der Waals surface area contributed by atoms with Gasteiger partial charge in [0.2, 0.25) is 15.9 Å². The maximum absolute atomic E-state index is 13.3. The molecule has 2 unspecified atom stereocenters. The Kier molecular flexibility index (Phi) is 6.63. The molecule has 40 heavy (non-hydrogen) atoms. The Balaban J connectivity index is 1.51. The maximum atomic E-state index is 13.3. The fourth-order valence-electron chi connectivity index (χ4n) is 6.07. The van der Waals surface area contributed by atoms with E-state index < -0.39 is 10.0 Å². The van der Waals surface area contributed by atoms with Gasteiger partial charge in [0.15, 0.2) is 0 Å². The molecule has 0 spiro atoms. The van der Waals surface area contributed by atoms with Gasteiger partial charge in [0.25, 0.3) is 0 Å². The van der Waals surface area contributed by atoms with Crippen LogP contribution >= 0.6 is 11.6 Å². The highest BCUT2D eigenvalue weighted by atomic mass is 35.5. The van der Waals surface area contributed by atoms with E-state index in [-0.39, 0.29) is 18.0 Å². The molecule has 2 aliphatic heterocycles. The molecule has 0 radical (unpaired) electrons. The van der Waals surface area contributed by atoms with Gasteiger partial charge in [0, 0.05) is 41.9 Å². The van der Waals surface area contributed by atoms with Crippen LogP contribution in [0.25, 0.3) is 22.2 Å². The summed E-state index contributed by atoms with van der Waals surface area (Å²) >= 11 is 6.38. The summed E-state index contributed by atoms with van der Waals surface area (Å²) in [6, 6.07) is 10.8. The monoisotopic (exact) mass is 583 g/mol. The van der Waals surface area contributed by atoms with Crippen LogP contribution in [-0.4, -0.2) is 59.8 Å². The van der Waals surface area contributed by atoms with Crippen molar-refractivity contribution in [2.45, 2.75) is 45.2 Å². The van der Waals surface area contributed by atoms with Crippen molar-refractivity contribution in [2.24, 2.45) is 0 Å². The first-order valence-electron chi connectivity index (χ1n) is 13.1. The van der Waals surface area contributed by atoms with Gasteiger partial charge in [-0.15, -0.1) is 0 Å². The number of hydrogen-bond donors (Lipinski definition) is 0. The predicted octanol–water partition coefficient (Wildman–Crippen LogP) is 5.04. The lowest BCUT2D eigenvalue weighted by atomic mass is 10.0. The van der Waals surface area contributed by atoms with Crippen molar-refractivity contribution in [3.63, 3.8) is 0 Å². The largest absolute Gasteiger partial charge is 0.497 e. The second kappa shape index (κ2) is 9.90. The number of rotatable bonds is 6. The fourth-order valence-corrected chi connectivity index (χ4v) is 7.17. The third-order valence-corrected chi connectivity index (χ3v) is 9.37. The normalized spacial score (nSPS) is 20.2. The number of halogens is 1. The number of hydrogen-bond acceptors (Lipinski definition) is 7. The zero-order chi connectivity index (χ0) is 28.3. The fraction of sp³-hybridized carbons (Fsp3) is 0.393. The second-order valence-electron chi connectivity index (χ2n) is 10.5. The molecule has 2 fully saturated rings. The third kappa shape index (κ3) is 4.55. The van der Waals surface area contributed by atoms with E-state index >= 15 is 0 Å². The van der Waals surface area contributed by atoms with E-state index in [1.807, 2.05) is 32.0 Å². The smallest absolute Gasteiger partial charge is 0.227 e. The van der Waals surface area contributed by atoms with Gasteiger partial charge in [-0.1, -0.05) is 22.8 Å². The van der Waals surface area contributed by atoms with Gasteiger partial charge in [0.05, 0.1) is 42.2 Å². The molecule has 0 saturated carbocycles. The Morgan fingerprint density at radius 3 is 2.60 bits per heavy atom. The van der Waals surface area contributed by atoms with Gasteiger partial charge in [-0.25, -0.2) is 17.7 Å². The highest BCUT2D eigenvalue weighted by Gasteiger charge is 2.40. The van der Waals surface area contributed by atoms with E-state index in [2.05, 4.69) is 9.72 Å². The van der Waals surface area contributed by atoms with Crippen LogP contribution in [0.4, 0.5) is 5.69 Å². The Morgan fingerprint density at radius 1 is 1.12 bits per heavy atom. The number of aromatic nitrogens is 3. The van der Waals surface area contributed by atoms with Crippen LogP contribution in [0.15, 0.2) is 40.9 Å². The van der Waals surface area contributed by atoms with Crippen LogP contribution in [0, 0.1) is 13.8 Å². The minimum absolute atomic E-state index is 0.0338. The van der Waals surface area contributed by atoms with E-state index in [4.69, 9.17) is 25.8 Å². The van der Waals surface area contributed by atoms with Gasteiger partial charge < -0.3 is 18.7 Å². The Morgan fingerprint density at radius 2 is 1.93 bits per heavy atom. The molecular formula is C28H30ClN5O5S. The van der Waals surface area contributed by atoms with Gasteiger partial charge in [-0.2, -0.15) is 0 Å². The number of fused-ring (bicyclic) bond motifs is 1. The minimum Gasteiger partial charge on any atom is -0.497 e. The number of aryl methyl sites for hydroxylation is 2. The molecule has 2 aromatic heterocycles. The van der Waals surface area contributed by atoms with Crippen molar-refractivity contribution in [3.8, 4) is 16.9 Å². The molecule has 210 valence electrons. The predicted molar refractivity (Wildman–Crippen MR) is 152 cm³/mol. The molecule has 2 atom stereocenters. The van der Waals surface area contributed by atoms with E-state index in [0.717, 1.165) is 39.4 Å². The first-order valence-corrected chi connectivity index (χ1v) is 15.3. The number of benzene rings is 2. The summed E-state index contributed by atoms with van der Waals surface area (Å²) < 4.78 is 39.2. The molecule has 2 saturated heterocycles. The van der Waals surface area contributed by atoms with Crippen molar-refractivity contribution < 1.29 is 22.5 Å². The first-order chi connectivity index (χ1) is 19.0. The lowest BCUT2D eigenvalue weighted by Gasteiger charge is -2.27. The van der Waals surface area contributed by atoms with Gasteiger partial charge in [-0.05, 0) is 56.5 Å². The van der Waals surface area contributed by atoms with Crippen molar-refractivity contribution in [3.05, 3.63) is 58.7 Å². The average Bonchev–Trinajstić information content (AvgIpc) is 3.67. The molecule has 0 bridgehead atoms. The number of anilines is 1. The topological polar surface area (TPSA) is 111 Å². The van der Waals surface area contributed by atoms with Crippen LogP contribution in [0.3, 0.4) is 0 Å². The first kappa shape index (κ1) is 26.8. The van der Waals surface area contributed by atoms with Gasteiger partial charge in [-0.3, -0.25) is 4.79 Å². The van der Waals surface area contributed by atoms with E-state index in [9.17, 15) is 13.2 Å². The van der Waals surface area contributed by atoms with E-state index in [0.29, 0.717) is 48.8 Å². The average molecular weight is 584 g/mol. The number of methoxy groups -OCH3 is 1. The lowest BCUT2D eigenvalue weighted by molar-refractivity contribution is -0.117. The molecule has 4 aromatic rings. The van der Waals surface area contributed by atoms with Crippen LogP contribution < -0.4 is 9.64 Å². The molecule has 12 heteroatoms. The van der Waals surface area contributed by atoms with E-state index in [1.54, 1.807) is 30.2 Å². The van der Waals surface area contributed by atoms with Crippen LogP contribution in [0.5, 0.6) is 5.75 Å². The summed E-state index contributed by atoms with van der Waals surface area (Å²) in [6.45, 7) is 4.55. The molecule has 1 amide bonds. The quantitative estimate of drug-likeness (QED) is 0.312. The lowest BCUT2D eigenvalue weighted by Crippen LogP contribution is -2.31. The van der Waals surface area contributed by atoms with Crippen LogP contribution in [0.1, 0.15) is 48.6 Å². The highest BCUT2D eigenvalue weighted by Crippen LogP contribution is 2.42. The standard InChI is InChI=1S/C28H30ClN5O5S/c1-16-27(17(2)39-31-16)18-5-6-24-23(11-18)30-28(34(24)20-9-10-32(15-20)40(4,36)37)25-7-8-26(35)33(25)21-12-19(29)13-22(14-21)38-3/h5-6,11-14,20,25H,7-10,15H2,1-4H3. The number of nitrogens with zero attached hydrogens (tertiary/aromatic N) is 5. The molecule has 0 N–H and O–H groups in total. The molecule has 4 heterocycles. The Labute approximate surface area is 237 Å². The molecule has 2 aromatic carbocycles.